The average Bonchev–Trinajstić information content (AvgIpc) is 3.02. The first-order valence-corrected chi connectivity index (χ1v) is 7.43. The molecule has 0 atom stereocenters. The van der Waals surface area contributed by atoms with Gasteiger partial charge in [-0.25, -0.2) is 5.48 Å². The van der Waals surface area contributed by atoms with Crippen molar-refractivity contribution < 1.29 is 14.8 Å². The molecule has 0 aliphatic rings. The molecule has 8 heteroatoms. The molecule has 4 N–H and O–H groups in total. The van der Waals surface area contributed by atoms with E-state index in [1.807, 2.05) is 18.0 Å². The van der Waals surface area contributed by atoms with Gasteiger partial charge in [-0.15, -0.1) is 0 Å². The van der Waals surface area contributed by atoms with Crippen LogP contribution in [0.15, 0.2) is 24.4 Å². The molecule has 0 radical (unpaired) electrons. The monoisotopic (exact) mass is 319 g/mol. The molecular weight excluding hydrogens is 298 g/mol. The molecule has 2 aromatic rings. The second-order valence-corrected chi connectivity index (χ2v) is 5.37. The molecule has 0 saturated heterocycles. The number of nitrogens with one attached hydrogen (secondary N) is 3. The van der Waals surface area contributed by atoms with Crippen LogP contribution < -0.4 is 10.8 Å². The van der Waals surface area contributed by atoms with E-state index in [-0.39, 0.29) is 18.2 Å². The highest BCUT2D eigenvalue weighted by Crippen LogP contribution is 2.12. The lowest BCUT2D eigenvalue weighted by atomic mass is 10.1. The van der Waals surface area contributed by atoms with Crippen LogP contribution in [0.4, 0.5) is 0 Å². The SMILES string of the molecule is CN(CCCC(=O)NO)CCNC(=O)c1ccc2cn[nH]c2c1. The summed E-state index contributed by atoms with van der Waals surface area (Å²) >= 11 is 0. The normalized spacial score (nSPS) is 10.9. The third-order valence-corrected chi connectivity index (χ3v) is 3.55. The van der Waals surface area contributed by atoms with Gasteiger partial charge in [-0.3, -0.25) is 19.9 Å². The van der Waals surface area contributed by atoms with Crippen molar-refractivity contribution in [3.63, 3.8) is 0 Å². The van der Waals surface area contributed by atoms with Crippen molar-refractivity contribution in [2.75, 3.05) is 26.7 Å². The summed E-state index contributed by atoms with van der Waals surface area (Å²) in [6.07, 6.45) is 2.63. The van der Waals surface area contributed by atoms with Crippen molar-refractivity contribution in [2.45, 2.75) is 12.8 Å². The van der Waals surface area contributed by atoms with Crippen molar-refractivity contribution in [1.82, 2.24) is 25.9 Å². The van der Waals surface area contributed by atoms with Gasteiger partial charge in [0, 0.05) is 30.5 Å². The zero-order valence-corrected chi connectivity index (χ0v) is 13.0. The number of carbonyl (C=O) groups is 2. The predicted octanol–water partition coefficient (Wildman–Crippen LogP) is 0.510. The molecule has 0 aliphatic heterocycles. The topological polar surface area (TPSA) is 110 Å². The minimum atomic E-state index is -0.388. The van der Waals surface area contributed by atoms with Crippen molar-refractivity contribution in [3.05, 3.63) is 30.0 Å². The zero-order valence-electron chi connectivity index (χ0n) is 13.0. The number of fused-ring (bicyclic) bond motifs is 1. The van der Waals surface area contributed by atoms with E-state index in [0.717, 1.165) is 10.9 Å². The van der Waals surface area contributed by atoms with Gasteiger partial charge in [0.05, 0.1) is 11.7 Å². The number of rotatable bonds is 8. The fourth-order valence-corrected chi connectivity index (χ4v) is 2.22. The van der Waals surface area contributed by atoms with E-state index in [9.17, 15) is 9.59 Å². The van der Waals surface area contributed by atoms with Crippen molar-refractivity contribution in [1.29, 1.82) is 0 Å². The highest BCUT2D eigenvalue weighted by Gasteiger charge is 2.07. The van der Waals surface area contributed by atoms with Crippen LogP contribution in [0.3, 0.4) is 0 Å². The van der Waals surface area contributed by atoms with Crippen LogP contribution in [-0.2, 0) is 4.79 Å². The van der Waals surface area contributed by atoms with Gasteiger partial charge in [0.25, 0.3) is 5.91 Å². The first kappa shape index (κ1) is 16.9. The maximum atomic E-state index is 12.1. The molecule has 2 rings (SSSR count). The van der Waals surface area contributed by atoms with Gasteiger partial charge in [-0.1, -0.05) is 6.07 Å². The van der Waals surface area contributed by atoms with E-state index in [2.05, 4.69) is 15.5 Å². The number of hydroxylamine groups is 1. The van der Waals surface area contributed by atoms with E-state index in [1.165, 1.54) is 0 Å². The summed E-state index contributed by atoms with van der Waals surface area (Å²) in [7, 11) is 1.92. The molecule has 1 heterocycles. The average molecular weight is 319 g/mol. The van der Waals surface area contributed by atoms with Gasteiger partial charge in [-0.05, 0) is 32.1 Å². The fourth-order valence-electron chi connectivity index (χ4n) is 2.22. The Kier molecular flexibility index (Phi) is 6.07. The highest BCUT2D eigenvalue weighted by atomic mass is 16.5. The molecule has 0 saturated carbocycles. The number of H-pyrrole nitrogens is 1. The van der Waals surface area contributed by atoms with Crippen LogP contribution in [0.25, 0.3) is 10.9 Å². The van der Waals surface area contributed by atoms with Crippen LogP contribution in [0.5, 0.6) is 0 Å². The smallest absolute Gasteiger partial charge is 0.251 e. The van der Waals surface area contributed by atoms with E-state index < -0.39 is 0 Å². The Hall–Kier alpha value is -2.45. The number of nitrogens with zero attached hydrogens (tertiary/aromatic N) is 2. The lowest BCUT2D eigenvalue weighted by molar-refractivity contribution is -0.129. The summed E-state index contributed by atoms with van der Waals surface area (Å²) in [5.74, 6) is -0.518. The van der Waals surface area contributed by atoms with E-state index in [1.54, 1.807) is 23.8 Å². The third kappa shape index (κ3) is 5.04. The maximum absolute atomic E-state index is 12.1. The van der Waals surface area contributed by atoms with E-state index in [0.29, 0.717) is 31.6 Å². The van der Waals surface area contributed by atoms with Gasteiger partial charge in [0.1, 0.15) is 0 Å². The number of aromatic amines is 1. The number of hydrogen-bond acceptors (Lipinski definition) is 5. The number of amides is 2. The summed E-state index contributed by atoms with van der Waals surface area (Å²) in [6.45, 7) is 1.91. The third-order valence-electron chi connectivity index (χ3n) is 3.55. The number of carbonyl (C=O) groups excluding carboxylic acids is 2. The molecular formula is C15H21N5O3. The molecule has 0 fully saturated rings. The molecule has 1 aromatic carbocycles. The Labute approximate surface area is 133 Å². The second kappa shape index (κ2) is 8.25. The van der Waals surface area contributed by atoms with Crippen LogP contribution in [0.2, 0.25) is 0 Å². The molecule has 0 aliphatic carbocycles. The predicted molar refractivity (Wildman–Crippen MR) is 85.1 cm³/mol. The van der Waals surface area contributed by atoms with E-state index >= 15 is 0 Å². The van der Waals surface area contributed by atoms with Gasteiger partial charge in [0.15, 0.2) is 0 Å². The van der Waals surface area contributed by atoms with Gasteiger partial charge in [-0.2, -0.15) is 5.10 Å². The standard InChI is InChI=1S/C15H21N5O3/c1-20(7-2-3-14(21)19-23)8-6-16-15(22)11-4-5-12-10-17-18-13(12)9-11/h4-5,9-10,23H,2-3,6-8H2,1H3,(H,16,22)(H,17,18)(H,19,21). The largest absolute Gasteiger partial charge is 0.351 e. The number of aromatic nitrogens is 2. The summed E-state index contributed by atoms with van der Waals surface area (Å²) < 4.78 is 0. The van der Waals surface area contributed by atoms with Gasteiger partial charge < -0.3 is 10.2 Å². The van der Waals surface area contributed by atoms with Crippen LogP contribution in [-0.4, -0.2) is 58.8 Å². The molecule has 0 unspecified atom stereocenters. The van der Waals surface area contributed by atoms with Crippen LogP contribution in [0.1, 0.15) is 23.2 Å². The van der Waals surface area contributed by atoms with Gasteiger partial charge in [0.2, 0.25) is 5.91 Å². The Morgan fingerprint density at radius 2 is 2.17 bits per heavy atom. The molecule has 2 amide bonds. The Balaban J connectivity index is 1.70. The van der Waals surface area contributed by atoms with Crippen LogP contribution >= 0.6 is 0 Å². The Morgan fingerprint density at radius 1 is 1.35 bits per heavy atom. The minimum Gasteiger partial charge on any atom is -0.351 e. The first-order chi connectivity index (χ1) is 11.1. The summed E-state index contributed by atoms with van der Waals surface area (Å²) in [5, 5.41) is 19.0. The number of likely N-dealkylation sites (N-methyl/N-ethyl adjacent to an activating group) is 1. The molecule has 0 spiro atoms. The highest BCUT2D eigenvalue weighted by molar-refractivity contribution is 5.97. The molecule has 124 valence electrons. The second-order valence-electron chi connectivity index (χ2n) is 5.37. The van der Waals surface area contributed by atoms with Crippen molar-refractivity contribution in [3.8, 4) is 0 Å². The van der Waals surface area contributed by atoms with Crippen molar-refractivity contribution >= 4 is 22.7 Å². The summed E-state index contributed by atoms with van der Waals surface area (Å²) in [4.78, 5) is 25.0. The quantitative estimate of drug-likeness (QED) is 0.418. The lowest BCUT2D eigenvalue weighted by Crippen LogP contribution is -2.33. The number of hydrogen-bond donors (Lipinski definition) is 4. The Bertz CT molecular complexity index is 670. The summed E-state index contributed by atoms with van der Waals surface area (Å²) in [6, 6.07) is 5.39. The lowest BCUT2D eigenvalue weighted by Gasteiger charge is -2.16. The Morgan fingerprint density at radius 3 is 2.96 bits per heavy atom. The molecule has 0 bridgehead atoms. The molecule has 23 heavy (non-hydrogen) atoms. The zero-order chi connectivity index (χ0) is 16.7. The first-order valence-electron chi connectivity index (χ1n) is 7.43. The van der Waals surface area contributed by atoms with E-state index in [4.69, 9.17) is 5.21 Å². The van der Waals surface area contributed by atoms with Gasteiger partial charge >= 0.3 is 0 Å². The van der Waals surface area contributed by atoms with Crippen molar-refractivity contribution in [2.24, 2.45) is 0 Å². The number of benzene rings is 1. The minimum absolute atomic E-state index is 0.130. The maximum Gasteiger partial charge on any atom is 0.251 e. The fraction of sp³-hybridized carbons (Fsp3) is 0.400. The molecule has 8 nitrogen and oxygen atoms in total. The van der Waals surface area contributed by atoms with Crippen LogP contribution in [0, 0.1) is 0 Å². The summed E-state index contributed by atoms with van der Waals surface area (Å²) in [5.41, 5.74) is 3.02. The molecule has 1 aromatic heterocycles.